The highest BCUT2D eigenvalue weighted by Gasteiger charge is 2.15. The Morgan fingerprint density at radius 3 is 2.80 bits per heavy atom. The van der Waals surface area contributed by atoms with Crippen molar-refractivity contribution in [3.8, 4) is 0 Å². The molecule has 0 aliphatic heterocycles. The van der Waals surface area contributed by atoms with Crippen LogP contribution in [0.25, 0.3) is 10.9 Å². The summed E-state index contributed by atoms with van der Waals surface area (Å²) in [6, 6.07) is 13.7. The maximum atomic E-state index is 13.8. The number of benzene rings is 2. The van der Waals surface area contributed by atoms with Gasteiger partial charge >= 0.3 is 0 Å². The van der Waals surface area contributed by atoms with Gasteiger partial charge < -0.3 is 5.11 Å². The highest BCUT2D eigenvalue weighted by molar-refractivity contribution is 9.10. The molecule has 1 aromatic heterocycles. The van der Waals surface area contributed by atoms with Crippen LogP contribution < -0.4 is 0 Å². The second-order valence-corrected chi connectivity index (χ2v) is 5.44. The number of pyridine rings is 1. The molecule has 2 nitrogen and oxygen atoms in total. The van der Waals surface area contributed by atoms with Crippen LogP contribution >= 0.6 is 15.9 Å². The topological polar surface area (TPSA) is 33.1 Å². The summed E-state index contributed by atoms with van der Waals surface area (Å²) in [5, 5.41) is 11.3. The van der Waals surface area contributed by atoms with E-state index in [4.69, 9.17) is 0 Å². The Labute approximate surface area is 124 Å². The summed E-state index contributed by atoms with van der Waals surface area (Å²) in [5.41, 5.74) is 1.74. The van der Waals surface area contributed by atoms with E-state index in [1.54, 1.807) is 24.4 Å². The lowest BCUT2D eigenvalue weighted by atomic mass is 9.99. The standard InChI is InChI=1S/C16H11BrFNO/c17-12-4-5-14(18)13(9-12)16(20)11-3-6-15-10(8-11)2-1-7-19-15/h1-9,16,20H. The summed E-state index contributed by atoms with van der Waals surface area (Å²) in [7, 11) is 0. The zero-order chi connectivity index (χ0) is 14.1. The fourth-order valence-electron chi connectivity index (χ4n) is 2.17. The number of halogens is 2. The van der Waals surface area contributed by atoms with Gasteiger partial charge in [-0.05, 0) is 42.0 Å². The number of rotatable bonds is 2. The minimum absolute atomic E-state index is 0.252. The van der Waals surface area contributed by atoms with Crippen molar-refractivity contribution in [3.63, 3.8) is 0 Å². The first kappa shape index (κ1) is 13.2. The normalized spacial score (nSPS) is 12.6. The molecule has 0 radical (unpaired) electrons. The van der Waals surface area contributed by atoms with Gasteiger partial charge in [0, 0.05) is 21.6 Å². The molecule has 1 heterocycles. The van der Waals surface area contributed by atoms with Gasteiger partial charge in [-0.1, -0.05) is 28.1 Å². The molecule has 0 amide bonds. The van der Waals surface area contributed by atoms with Crippen molar-refractivity contribution < 1.29 is 9.50 Å². The molecule has 1 atom stereocenters. The quantitative estimate of drug-likeness (QED) is 0.762. The zero-order valence-corrected chi connectivity index (χ0v) is 12.0. The fourth-order valence-corrected chi connectivity index (χ4v) is 2.55. The molecule has 0 saturated carbocycles. The van der Waals surface area contributed by atoms with Crippen LogP contribution in [0.3, 0.4) is 0 Å². The Morgan fingerprint density at radius 1 is 1.10 bits per heavy atom. The van der Waals surface area contributed by atoms with Crippen molar-refractivity contribution >= 4 is 26.8 Å². The lowest BCUT2D eigenvalue weighted by Gasteiger charge is -2.13. The van der Waals surface area contributed by atoms with Crippen LogP contribution in [0.4, 0.5) is 4.39 Å². The van der Waals surface area contributed by atoms with Gasteiger partial charge in [-0.3, -0.25) is 4.98 Å². The SMILES string of the molecule is OC(c1ccc2ncccc2c1)c1cc(Br)ccc1F. The molecule has 0 aliphatic rings. The summed E-state index contributed by atoms with van der Waals surface area (Å²) in [6.07, 6.45) is 0.712. The Kier molecular flexibility index (Phi) is 3.51. The van der Waals surface area contributed by atoms with Crippen LogP contribution in [0.2, 0.25) is 0 Å². The van der Waals surface area contributed by atoms with E-state index < -0.39 is 11.9 Å². The second-order valence-electron chi connectivity index (χ2n) is 4.52. The van der Waals surface area contributed by atoms with E-state index in [9.17, 15) is 9.50 Å². The van der Waals surface area contributed by atoms with Gasteiger partial charge in [-0.25, -0.2) is 4.39 Å². The number of nitrogens with zero attached hydrogens (tertiary/aromatic N) is 1. The average Bonchev–Trinajstić information content (AvgIpc) is 2.48. The van der Waals surface area contributed by atoms with Crippen LogP contribution in [-0.4, -0.2) is 10.1 Å². The van der Waals surface area contributed by atoms with Gasteiger partial charge in [0.1, 0.15) is 11.9 Å². The van der Waals surface area contributed by atoms with Gasteiger partial charge in [-0.15, -0.1) is 0 Å². The first-order valence-corrected chi connectivity index (χ1v) is 6.92. The van der Waals surface area contributed by atoms with Crippen LogP contribution in [0.15, 0.2) is 59.2 Å². The highest BCUT2D eigenvalue weighted by Crippen LogP contribution is 2.28. The average molecular weight is 332 g/mol. The summed E-state index contributed by atoms with van der Waals surface area (Å²) in [5.74, 6) is -0.424. The molecule has 0 bridgehead atoms. The van der Waals surface area contributed by atoms with Crippen molar-refractivity contribution in [2.75, 3.05) is 0 Å². The van der Waals surface area contributed by atoms with Crippen LogP contribution in [0.1, 0.15) is 17.2 Å². The maximum Gasteiger partial charge on any atom is 0.129 e. The lowest BCUT2D eigenvalue weighted by Crippen LogP contribution is -2.02. The predicted octanol–water partition coefficient (Wildman–Crippen LogP) is 4.22. The Bertz CT molecular complexity index is 775. The molecule has 0 aliphatic carbocycles. The third-order valence-electron chi connectivity index (χ3n) is 3.20. The Hall–Kier alpha value is -1.78. The molecule has 1 N–H and O–H groups in total. The van der Waals surface area contributed by atoms with Crippen molar-refractivity contribution in [1.29, 1.82) is 0 Å². The second kappa shape index (κ2) is 5.31. The Balaban J connectivity index is 2.07. The van der Waals surface area contributed by atoms with E-state index >= 15 is 0 Å². The van der Waals surface area contributed by atoms with Crippen LogP contribution in [-0.2, 0) is 0 Å². The molecule has 0 spiro atoms. The molecular weight excluding hydrogens is 321 g/mol. The van der Waals surface area contributed by atoms with Gasteiger partial charge in [0.25, 0.3) is 0 Å². The van der Waals surface area contributed by atoms with Crippen molar-refractivity contribution in [2.24, 2.45) is 0 Å². The maximum absolute atomic E-state index is 13.8. The number of fused-ring (bicyclic) bond motifs is 1. The van der Waals surface area contributed by atoms with Gasteiger partial charge in [0.05, 0.1) is 5.52 Å². The monoisotopic (exact) mass is 331 g/mol. The molecule has 3 aromatic rings. The first-order chi connectivity index (χ1) is 9.65. The predicted molar refractivity (Wildman–Crippen MR) is 79.9 cm³/mol. The lowest BCUT2D eigenvalue weighted by molar-refractivity contribution is 0.215. The third kappa shape index (κ3) is 2.44. The van der Waals surface area contributed by atoms with E-state index in [0.717, 1.165) is 15.4 Å². The molecule has 0 fully saturated rings. The number of hydrogen-bond donors (Lipinski definition) is 1. The summed E-state index contributed by atoms with van der Waals surface area (Å²) in [4.78, 5) is 4.22. The van der Waals surface area contributed by atoms with E-state index in [2.05, 4.69) is 20.9 Å². The molecular formula is C16H11BrFNO. The smallest absolute Gasteiger partial charge is 0.129 e. The Morgan fingerprint density at radius 2 is 1.95 bits per heavy atom. The van der Waals surface area contributed by atoms with Gasteiger partial charge in [0.15, 0.2) is 0 Å². The van der Waals surface area contributed by atoms with Crippen molar-refractivity contribution in [2.45, 2.75) is 6.10 Å². The number of aromatic nitrogens is 1. The highest BCUT2D eigenvalue weighted by atomic mass is 79.9. The van der Waals surface area contributed by atoms with E-state index in [0.29, 0.717) is 5.56 Å². The summed E-state index contributed by atoms with van der Waals surface area (Å²) in [6.45, 7) is 0. The largest absolute Gasteiger partial charge is 0.384 e. The van der Waals surface area contributed by atoms with Crippen molar-refractivity contribution in [1.82, 2.24) is 4.98 Å². The van der Waals surface area contributed by atoms with E-state index in [1.807, 2.05) is 24.3 Å². The summed E-state index contributed by atoms with van der Waals surface area (Å²) < 4.78 is 14.6. The molecule has 1 unspecified atom stereocenters. The molecule has 3 rings (SSSR count). The fraction of sp³-hybridized carbons (Fsp3) is 0.0625. The molecule has 2 aromatic carbocycles. The number of aliphatic hydroxyl groups excluding tert-OH is 1. The molecule has 0 saturated heterocycles. The van der Waals surface area contributed by atoms with E-state index in [1.165, 1.54) is 6.07 Å². The number of hydrogen-bond acceptors (Lipinski definition) is 2. The third-order valence-corrected chi connectivity index (χ3v) is 3.69. The minimum Gasteiger partial charge on any atom is -0.384 e. The van der Waals surface area contributed by atoms with Crippen molar-refractivity contribution in [3.05, 3.63) is 76.1 Å². The van der Waals surface area contributed by atoms with Crippen LogP contribution in [0.5, 0.6) is 0 Å². The van der Waals surface area contributed by atoms with Crippen LogP contribution in [0, 0.1) is 5.82 Å². The minimum atomic E-state index is -1.00. The molecule has 100 valence electrons. The summed E-state index contributed by atoms with van der Waals surface area (Å²) >= 11 is 3.29. The molecule has 4 heteroatoms. The van der Waals surface area contributed by atoms with Gasteiger partial charge in [0.2, 0.25) is 0 Å². The van der Waals surface area contributed by atoms with Gasteiger partial charge in [-0.2, -0.15) is 0 Å². The zero-order valence-electron chi connectivity index (χ0n) is 10.4. The molecule has 20 heavy (non-hydrogen) atoms. The number of aliphatic hydroxyl groups is 1. The first-order valence-electron chi connectivity index (χ1n) is 6.13. The van der Waals surface area contributed by atoms with E-state index in [-0.39, 0.29) is 5.56 Å².